The largest absolute Gasteiger partial charge is 0.380 e. The quantitative estimate of drug-likeness (QED) is 0.800. The van der Waals surface area contributed by atoms with Gasteiger partial charge >= 0.3 is 0 Å². The summed E-state index contributed by atoms with van der Waals surface area (Å²) in [5.41, 5.74) is 3.97. The molecule has 2 aromatic heterocycles. The summed E-state index contributed by atoms with van der Waals surface area (Å²) in [6.45, 7) is 0. The molecule has 1 aliphatic carbocycles. The Bertz CT molecular complexity index is 707. The van der Waals surface area contributed by atoms with Crippen LogP contribution in [0.2, 0.25) is 0 Å². The van der Waals surface area contributed by atoms with Crippen molar-refractivity contribution in [2.45, 2.75) is 18.9 Å². The second-order valence-electron chi connectivity index (χ2n) is 5.37. The number of pyridine rings is 1. The van der Waals surface area contributed by atoms with Crippen LogP contribution < -0.4 is 5.32 Å². The van der Waals surface area contributed by atoms with Gasteiger partial charge in [0.15, 0.2) is 5.82 Å². The van der Waals surface area contributed by atoms with Gasteiger partial charge in [-0.2, -0.15) is 5.10 Å². The summed E-state index contributed by atoms with van der Waals surface area (Å²) in [4.78, 5) is 4.45. The Morgan fingerprint density at radius 3 is 2.43 bits per heavy atom. The topological polar surface area (TPSA) is 42.7 Å². The Labute approximate surface area is 123 Å². The van der Waals surface area contributed by atoms with Gasteiger partial charge in [0.05, 0.1) is 11.9 Å². The smallest absolute Gasteiger partial charge is 0.153 e. The van der Waals surface area contributed by atoms with Gasteiger partial charge in [-0.05, 0) is 42.2 Å². The first-order valence-corrected chi connectivity index (χ1v) is 7.18. The van der Waals surface area contributed by atoms with Crippen LogP contribution in [0.4, 0.5) is 5.69 Å². The van der Waals surface area contributed by atoms with Crippen LogP contribution in [0.5, 0.6) is 0 Å². The molecule has 104 valence electrons. The molecule has 0 atom stereocenters. The summed E-state index contributed by atoms with van der Waals surface area (Å²) >= 11 is 0. The standard InChI is InChI=1S/C17H16N4/c1-2-5-14-11-16(10-13(14)4-1)20-15-6-7-17(18-12-15)21-9-3-8-19-21/h1-9,12,16,20H,10-11H2. The number of nitrogens with zero attached hydrogens (tertiary/aromatic N) is 3. The summed E-state index contributed by atoms with van der Waals surface area (Å²) in [6.07, 6.45) is 7.68. The molecule has 0 saturated carbocycles. The first-order chi connectivity index (χ1) is 10.4. The van der Waals surface area contributed by atoms with Crippen LogP contribution in [-0.2, 0) is 12.8 Å². The van der Waals surface area contributed by atoms with Crippen LogP contribution in [0, 0.1) is 0 Å². The molecule has 0 unspecified atom stereocenters. The molecule has 0 fully saturated rings. The van der Waals surface area contributed by atoms with Crippen molar-refractivity contribution in [2.75, 3.05) is 5.32 Å². The third-order valence-corrected chi connectivity index (χ3v) is 3.91. The molecule has 1 aliphatic rings. The fraction of sp³-hybridized carbons (Fsp3) is 0.176. The molecule has 3 aromatic rings. The number of hydrogen-bond donors (Lipinski definition) is 1. The molecular weight excluding hydrogens is 260 g/mol. The van der Waals surface area contributed by atoms with Crippen molar-refractivity contribution in [2.24, 2.45) is 0 Å². The van der Waals surface area contributed by atoms with E-state index in [1.807, 2.05) is 24.5 Å². The van der Waals surface area contributed by atoms with Crippen LogP contribution in [0.1, 0.15) is 11.1 Å². The molecule has 0 spiro atoms. The normalized spacial score (nSPS) is 14.1. The molecule has 0 saturated heterocycles. The van der Waals surface area contributed by atoms with E-state index in [-0.39, 0.29) is 0 Å². The molecule has 4 rings (SSSR count). The highest BCUT2D eigenvalue weighted by atomic mass is 15.3. The van der Waals surface area contributed by atoms with Gasteiger partial charge in [-0.1, -0.05) is 24.3 Å². The first-order valence-electron chi connectivity index (χ1n) is 7.18. The molecule has 2 heterocycles. The van der Waals surface area contributed by atoms with Crippen LogP contribution in [0.3, 0.4) is 0 Å². The fourth-order valence-corrected chi connectivity index (χ4v) is 2.91. The molecule has 0 aliphatic heterocycles. The zero-order valence-corrected chi connectivity index (χ0v) is 11.6. The van der Waals surface area contributed by atoms with E-state index in [0.29, 0.717) is 6.04 Å². The molecule has 0 radical (unpaired) electrons. The van der Waals surface area contributed by atoms with Gasteiger partial charge in [0, 0.05) is 18.4 Å². The lowest BCUT2D eigenvalue weighted by atomic mass is 10.1. The van der Waals surface area contributed by atoms with Crippen molar-refractivity contribution in [1.82, 2.24) is 14.8 Å². The van der Waals surface area contributed by atoms with E-state index in [9.17, 15) is 0 Å². The van der Waals surface area contributed by atoms with Gasteiger partial charge in [0.25, 0.3) is 0 Å². The van der Waals surface area contributed by atoms with Gasteiger partial charge in [-0.25, -0.2) is 9.67 Å². The zero-order valence-electron chi connectivity index (χ0n) is 11.6. The number of nitrogens with one attached hydrogen (secondary N) is 1. The van der Waals surface area contributed by atoms with Crippen LogP contribution in [0.25, 0.3) is 5.82 Å². The molecule has 4 heteroatoms. The molecule has 0 amide bonds. The number of rotatable bonds is 3. The Hall–Kier alpha value is -2.62. The van der Waals surface area contributed by atoms with Crippen molar-refractivity contribution >= 4 is 5.69 Å². The van der Waals surface area contributed by atoms with Crippen molar-refractivity contribution in [3.05, 3.63) is 72.2 Å². The monoisotopic (exact) mass is 276 g/mol. The number of hydrogen-bond acceptors (Lipinski definition) is 3. The van der Waals surface area contributed by atoms with Crippen LogP contribution in [-0.4, -0.2) is 20.8 Å². The minimum atomic E-state index is 0.458. The van der Waals surface area contributed by atoms with Crippen LogP contribution >= 0.6 is 0 Å². The Kier molecular flexibility index (Phi) is 2.92. The van der Waals surface area contributed by atoms with E-state index >= 15 is 0 Å². The average Bonchev–Trinajstić information content (AvgIpc) is 3.17. The minimum Gasteiger partial charge on any atom is -0.380 e. The van der Waals surface area contributed by atoms with E-state index in [2.05, 4.69) is 45.7 Å². The summed E-state index contributed by atoms with van der Waals surface area (Å²) in [6, 6.07) is 15.1. The SMILES string of the molecule is c1ccc2c(c1)CC(Nc1ccc(-n3cccn3)nc1)C2. The van der Waals surface area contributed by atoms with Gasteiger partial charge in [0.1, 0.15) is 0 Å². The predicted octanol–water partition coefficient (Wildman–Crippen LogP) is 2.85. The highest BCUT2D eigenvalue weighted by Crippen LogP contribution is 2.24. The molecule has 0 bridgehead atoms. The second kappa shape index (κ2) is 5.05. The van der Waals surface area contributed by atoms with E-state index in [4.69, 9.17) is 0 Å². The fourth-order valence-electron chi connectivity index (χ4n) is 2.91. The molecule has 21 heavy (non-hydrogen) atoms. The van der Waals surface area contributed by atoms with Gasteiger partial charge in [0.2, 0.25) is 0 Å². The maximum atomic E-state index is 4.45. The van der Waals surface area contributed by atoms with Crippen molar-refractivity contribution in [3.63, 3.8) is 0 Å². The molecule has 1 aromatic carbocycles. The number of anilines is 1. The Morgan fingerprint density at radius 2 is 1.81 bits per heavy atom. The Morgan fingerprint density at radius 1 is 1.00 bits per heavy atom. The Balaban J connectivity index is 1.47. The van der Waals surface area contributed by atoms with Crippen molar-refractivity contribution in [1.29, 1.82) is 0 Å². The number of benzene rings is 1. The number of aromatic nitrogens is 3. The van der Waals surface area contributed by atoms with Gasteiger partial charge < -0.3 is 5.32 Å². The lowest BCUT2D eigenvalue weighted by Gasteiger charge is -2.13. The maximum Gasteiger partial charge on any atom is 0.153 e. The summed E-state index contributed by atoms with van der Waals surface area (Å²) in [7, 11) is 0. The minimum absolute atomic E-state index is 0.458. The van der Waals surface area contributed by atoms with E-state index in [0.717, 1.165) is 24.3 Å². The summed E-state index contributed by atoms with van der Waals surface area (Å²) in [5, 5.41) is 7.75. The molecule has 1 N–H and O–H groups in total. The van der Waals surface area contributed by atoms with Gasteiger partial charge in [-0.3, -0.25) is 0 Å². The van der Waals surface area contributed by atoms with Gasteiger partial charge in [-0.15, -0.1) is 0 Å². The first kappa shape index (κ1) is 12.1. The maximum absolute atomic E-state index is 4.45. The lowest BCUT2D eigenvalue weighted by molar-refractivity contribution is 0.772. The summed E-state index contributed by atoms with van der Waals surface area (Å²) < 4.78 is 1.76. The average molecular weight is 276 g/mol. The summed E-state index contributed by atoms with van der Waals surface area (Å²) in [5.74, 6) is 0.834. The number of fused-ring (bicyclic) bond motifs is 1. The van der Waals surface area contributed by atoms with Crippen molar-refractivity contribution in [3.8, 4) is 5.82 Å². The predicted molar refractivity (Wildman–Crippen MR) is 82.6 cm³/mol. The van der Waals surface area contributed by atoms with Crippen molar-refractivity contribution < 1.29 is 0 Å². The van der Waals surface area contributed by atoms with Crippen LogP contribution in [0.15, 0.2) is 61.1 Å². The van der Waals surface area contributed by atoms with E-state index in [1.165, 1.54) is 11.1 Å². The molecule has 4 nitrogen and oxygen atoms in total. The third-order valence-electron chi connectivity index (χ3n) is 3.91. The van der Waals surface area contributed by atoms with E-state index in [1.54, 1.807) is 10.9 Å². The highest BCUT2D eigenvalue weighted by Gasteiger charge is 2.20. The highest BCUT2D eigenvalue weighted by molar-refractivity contribution is 5.47. The zero-order chi connectivity index (χ0) is 14.1. The van der Waals surface area contributed by atoms with E-state index < -0.39 is 0 Å². The molecular formula is C17H16N4. The second-order valence-corrected chi connectivity index (χ2v) is 5.37. The third kappa shape index (κ3) is 2.40. The lowest BCUT2D eigenvalue weighted by Crippen LogP contribution is -2.19.